The molecule has 0 fully saturated rings. The average Bonchev–Trinajstić information content (AvgIpc) is 2.13. The molecular weight excluding hydrogens is 221 g/mol. The van der Waals surface area contributed by atoms with Crippen LogP contribution in [0.5, 0.6) is 0 Å². The molecule has 0 bridgehead atoms. The number of carbonyl (C=O) groups is 1. The Labute approximate surface area is 91.7 Å². The molecule has 3 nitrogen and oxygen atoms in total. The van der Waals surface area contributed by atoms with Crippen LogP contribution >= 0.6 is 11.6 Å². The number of rotatable bonds is 3. The maximum Gasteiger partial charge on any atom is 0.320 e. The standard InChI is InChI=1S/C10H11ClFNO2/c1-5-2-8(12)6(3-7(5)11)4-9(13)10(14)15/h2-3,9H,4,13H2,1H3,(H,14,15). The van der Waals surface area contributed by atoms with E-state index in [9.17, 15) is 9.18 Å². The molecule has 0 aliphatic rings. The summed E-state index contributed by atoms with van der Waals surface area (Å²) >= 11 is 5.79. The molecule has 1 aromatic rings. The lowest BCUT2D eigenvalue weighted by atomic mass is 10.0. The summed E-state index contributed by atoms with van der Waals surface area (Å²) in [4.78, 5) is 10.5. The molecule has 0 spiro atoms. The number of aryl methyl sites for hydroxylation is 1. The first-order chi connectivity index (χ1) is 6.91. The Morgan fingerprint density at radius 2 is 2.27 bits per heavy atom. The fourth-order valence-corrected chi connectivity index (χ4v) is 1.35. The number of nitrogens with two attached hydrogens (primary N) is 1. The molecule has 0 aliphatic carbocycles. The second-order valence-electron chi connectivity index (χ2n) is 3.34. The number of hydrogen-bond acceptors (Lipinski definition) is 2. The molecule has 0 aromatic heterocycles. The molecule has 0 aliphatic heterocycles. The van der Waals surface area contributed by atoms with Gasteiger partial charge in [-0.05, 0) is 30.2 Å². The highest BCUT2D eigenvalue weighted by Gasteiger charge is 2.15. The molecule has 0 saturated carbocycles. The Morgan fingerprint density at radius 1 is 1.67 bits per heavy atom. The molecular formula is C10H11ClFNO2. The third-order valence-electron chi connectivity index (χ3n) is 2.08. The number of benzene rings is 1. The SMILES string of the molecule is Cc1cc(F)c(CC(N)C(=O)O)cc1Cl. The van der Waals surface area contributed by atoms with E-state index in [2.05, 4.69) is 0 Å². The maximum atomic E-state index is 13.3. The molecule has 3 N–H and O–H groups in total. The molecule has 0 radical (unpaired) electrons. The Morgan fingerprint density at radius 3 is 2.80 bits per heavy atom. The lowest BCUT2D eigenvalue weighted by Crippen LogP contribution is -2.32. The van der Waals surface area contributed by atoms with E-state index in [1.54, 1.807) is 6.92 Å². The highest BCUT2D eigenvalue weighted by molar-refractivity contribution is 6.31. The Kier molecular flexibility index (Phi) is 3.66. The molecule has 15 heavy (non-hydrogen) atoms. The van der Waals surface area contributed by atoms with Crippen molar-refractivity contribution < 1.29 is 14.3 Å². The van der Waals surface area contributed by atoms with Crippen molar-refractivity contribution in [3.05, 3.63) is 34.1 Å². The van der Waals surface area contributed by atoms with Crippen LogP contribution in [0.15, 0.2) is 12.1 Å². The number of carboxylic acid groups (broad SMARTS) is 1. The molecule has 0 heterocycles. The second kappa shape index (κ2) is 4.59. The molecule has 1 unspecified atom stereocenters. The Hall–Kier alpha value is -1.13. The van der Waals surface area contributed by atoms with Crippen LogP contribution in [0.4, 0.5) is 4.39 Å². The van der Waals surface area contributed by atoms with E-state index < -0.39 is 17.8 Å². The second-order valence-corrected chi connectivity index (χ2v) is 3.75. The minimum absolute atomic E-state index is 0.0683. The van der Waals surface area contributed by atoms with E-state index in [0.717, 1.165) is 0 Å². The largest absolute Gasteiger partial charge is 0.480 e. The van der Waals surface area contributed by atoms with Gasteiger partial charge in [-0.3, -0.25) is 4.79 Å². The predicted molar refractivity (Wildman–Crippen MR) is 55.5 cm³/mol. The fraction of sp³-hybridized carbons (Fsp3) is 0.300. The van der Waals surface area contributed by atoms with Gasteiger partial charge in [0.15, 0.2) is 0 Å². The van der Waals surface area contributed by atoms with Crippen LogP contribution in [-0.4, -0.2) is 17.1 Å². The van der Waals surface area contributed by atoms with E-state index in [4.69, 9.17) is 22.4 Å². The summed E-state index contributed by atoms with van der Waals surface area (Å²) in [6.45, 7) is 1.67. The monoisotopic (exact) mass is 231 g/mol. The van der Waals surface area contributed by atoms with Crippen LogP contribution in [0.3, 0.4) is 0 Å². The summed E-state index contributed by atoms with van der Waals surface area (Å²) in [6.07, 6.45) is -0.0683. The minimum Gasteiger partial charge on any atom is -0.480 e. The first-order valence-electron chi connectivity index (χ1n) is 4.34. The van der Waals surface area contributed by atoms with Gasteiger partial charge in [-0.15, -0.1) is 0 Å². The van der Waals surface area contributed by atoms with Gasteiger partial charge in [-0.2, -0.15) is 0 Å². The van der Waals surface area contributed by atoms with Crippen LogP contribution in [0, 0.1) is 12.7 Å². The van der Waals surface area contributed by atoms with E-state index in [-0.39, 0.29) is 12.0 Å². The van der Waals surface area contributed by atoms with E-state index >= 15 is 0 Å². The maximum absolute atomic E-state index is 13.3. The quantitative estimate of drug-likeness (QED) is 0.833. The lowest BCUT2D eigenvalue weighted by Gasteiger charge is -2.09. The number of halogens is 2. The molecule has 1 atom stereocenters. The fourth-order valence-electron chi connectivity index (χ4n) is 1.17. The smallest absolute Gasteiger partial charge is 0.320 e. The summed E-state index contributed by atoms with van der Waals surface area (Å²) < 4.78 is 13.3. The van der Waals surface area contributed by atoms with Crippen LogP contribution in [0.1, 0.15) is 11.1 Å². The van der Waals surface area contributed by atoms with Crippen LogP contribution < -0.4 is 5.73 Å². The highest BCUT2D eigenvalue weighted by Crippen LogP contribution is 2.20. The number of hydrogen-bond donors (Lipinski definition) is 2. The van der Waals surface area contributed by atoms with Crippen molar-refractivity contribution in [2.45, 2.75) is 19.4 Å². The van der Waals surface area contributed by atoms with E-state index in [0.29, 0.717) is 10.6 Å². The van der Waals surface area contributed by atoms with Crippen LogP contribution in [0.25, 0.3) is 0 Å². The lowest BCUT2D eigenvalue weighted by molar-refractivity contribution is -0.138. The first-order valence-corrected chi connectivity index (χ1v) is 4.72. The van der Waals surface area contributed by atoms with Crippen molar-refractivity contribution in [3.63, 3.8) is 0 Å². The number of carboxylic acids is 1. The van der Waals surface area contributed by atoms with Crippen molar-refractivity contribution in [1.82, 2.24) is 0 Å². The highest BCUT2D eigenvalue weighted by atomic mass is 35.5. The van der Waals surface area contributed by atoms with Gasteiger partial charge < -0.3 is 10.8 Å². The molecule has 1 rings (SSSR count). The van der Waals surface area contributed by atoms with Gasteiger partial charge in [0.1, 0.15) is 11.9 Å². The number of aliphatic carboxylic acids is 1. The van der Waals surface area contributed by atoms with Gasteiger partial charge in [0, 0.05) is 11.4 Å². The zero-order chi connectivity index (χ0) is 11.6. The average molecular weight is 232 g/mol. The van der Waals surface area contributed by atoms with Crippen molar-refractivity contribution in [2.75, 3.05) is 0 Å². The van der Waals surface area contributed by atoms with Crippen molar-refractivity contribution in [2.24, 2.45) is 5.73 Å². The summed E-state index contributed by atoms with van der Waals surface area (Å²) in [7, 11) is 0. The van der Waals surface area contributed by atoms with E-state index in [1.165, 1.54) is 12.1 Å². The van der Waals surface area contributed by atoms with Crippen molar-refractivity contribution in [3.8, 4) is 0 Å². The van der Waals surface area contributed by atoms with Gasteiger partial charge in [-0.25, -0.2) is 4.39 Å². The zero-order valence-electron chi connectivity index (χ0n) is 8.13. The van der Waals surface area contributed by atoms with E-state index in [1.807, 2.05) is 0 Å². The summed E-state index contributed by atoms with van der Waals surface area (Å²) in [5, 5.41) is 8.98. The van der Waals surface area contributed by atoms with Crippen LogP contribution in [0.2, 0.25) is 5.02 Å². The van der Waals surface area contributed by atoms with Gasteiger partial charge in [0.25, 0.3) is 0 Å². The summed E-state index contributed by atoms with van der Waals surface area (Å²) in [6, 6.07) is 1.57. The van der Waals surface area contributed by atoms with Crippen molar-refractivity contribution >= 4 is 17.6 Å². The zero-order valence-corrected chi connectivity index (χ0v) is 8.88. The molecule has 1 aromatic carbocycles. The third-order valence-corrected chi connectivity index (χ3v) is 2.49. The molecule has 82 valence electrons. The normalized spacial score (nSPS) is 12.5. The third kappa shape index (κ3) is 2.91. The Bertz CT molecular complexity index is 395. The molecule has 0 saturated heterocycles. The van der Waals surface area contributed by atoms with Crippen molar-refractivity contribution in [1.29, 1.82) is 0 Å². The molecule has 5 heteroatoms. The predicted octanol–water partition coefficient (Wildman–Crippen LogP) is 1.74. The molecule has 0 amide bonds. The summed E-state index contributed by atoms with van der Waals surface area (Å²) in [5.74, 6) is -1.64. The van der Waals surface area contributed by atoms with Gasteiger partial charge in [-0.1, -0.05) is 11.6 Å². The Balaban J connectivity index is 2.95. The topological polar surface area (TPSA) is 63.3 Å². The van der Waals surface area contributed by atoms with Gasteiger partial charge in [0.05, 0.1) is 0 Å². The van der Waals surface area contributed by atoms with Crippen LogP contribution in [-0.2, 0) is 11.2 Å². The minimum atomic E-state index is -1.16. The first kappa shape index (κ1) is 11.9. The van der Waals surface area contributed by atoms with Gasteiger partial charge >= 0.3 is 5.97 Å². The van der Waals surface area contributed by atoms with Gasteiger partial charge in [0.2, 0.25) is 0 Å². The summed E-state index contributed by atoms with van der Waals surface area (Å²) in [5.41, 5.74) is 6.13.